The van der Waals surface area contributed by atoms with Crippen molar-refractivity contribution in [3.05, 3.63) is 47.5 Å². The molecule has 0 aliphatic rings. The van der Waals surface area contributed by atoms with Crippen molar-refractivity contribution in [1.29, 1.82) is 0 Å². The summed E-state index contributed by atoms with van der Waals surface area (Å²) in [5, 5.41) is 38.1. The second kappa shape index (κ2) is 6.36. The molecule has 0 aromatic heterocycles. The van der Waals surface area contributed by atoms with Crippen molar-refractivity contribution in [1.82, 2.24) is 0 Å². The van der Waals surface area contributed by atoms with Gasteiger partial charge in [-0.05, 0) is 29.8 Å². The summed E-state index contributed by atoms with van der Waals surface area (Å²) in [6.45, 7) is 0. The van der Waals surface area contributed by atoms with E-state index >= 15 is 0 Å². The van der Waals surface area contributed by atoms with E-state index in [0.29, 0.717) is 5.56 Å². The minimum absolute atomic E-state index is 0.0310. The molecule has 4 N–H and O–H groups in total. The largest absolute Gasteiger partial charge is 0.508 e. The van der Waals surface area contributed by atoms with E-state index in [9.17, 15) is 25.2 Å². The Kier molecular flexibility index (Phi) is 4.53. The number of aromatic hydroxyl groups is 3. The first kappa shape index (κ1) is 15.7. The molecule has 0 fully saturated rings. The van der Waals surface area contributed by atoms with E-state index in [2.05, 4.69) is 0 Å². The van der Waals surface area contributed by atoms with Crippen molar-refractivity contribution in [2.24, 2.45) is 0 Å². The van der Waals surface area contributed by atoms with E-state index in [-0.39, 0.29) is 35.0 Å². The number of benzene rings is 2. The van der Waals surface area contributed by atoms with E-state index in [0.717, 1.165) is 0 Å². The van der Waals surface area contributed by atoms with E-state index in [1.807, 2.05) is 0 Å². The molecule has 2 aromatic rings. The molecule has 1 unspecified atom stereocenters. The number of phenolic OH excluding ortho intramolecular Hbond substituents is 3. The Bertz CT molecular complexity index is 695. The van der Waals surface area contributed by atoms with Gasteiger partial charge in [-0.3, -0.25) is 4.79 Å². The fraction of sp³-hybridized carbons (Fsp3) is 0.188. The number of ketones is 1. The summed E-state index contributed by atoms with van der Waals surface area (Å²) in [5.74, 6) is -1.04. The van der Waals surface area contributed by atoms with Crippen molar-refractivity contribution < 1.29 is 30.0 Å². The zero-order chi connectivity index (χ0) is 16.3. The molecule has 6 nitrogen and oxygen atoms in total. The number of Topliss-reactive ketones (excluding diaryl/α,β-unsaturated/α-hetero) is 1. The number of ether oxygens (including phenoxy) is 1. The second-order valence-electron chi connectivity index (χ2n) is 4.79. The monoisotopic (exact) mass is 304 g/mol. The number of hydrogen-bond acceptors (Lipinski definition) is 6. The van der Waals surface area contributed by atoms with Crippen molar-refractivity contribution >= 4 is 5.78 Å². The van der Waals surface area contributed by atoms with Crippen LogP contribution in [0.1, 0.15) is 15.9 Å². The van der Waals surface area contributed by atoms with Crippen molar-refractivity contribution in [3.8, 4) is 23.0 Å². The van der Waals surface area contributed by atoms with Crippen LogP contribution in [0.15, 0.2) is 36.4 Å². The van der Waals surface area contributed by atoms with Crippen LogP contribution in [-0.2, 0) is 6.42 Å². The molecule has 0 heterocycles. The van der Waals surface area contributed by atoms with Gasteiger partial charge < -0.3 is 25.2 Å². The predicted octanol–water partition coefficient (Wildman–Crippen LogP) is 1.60. The molecule has 0 amide bonds. The first-order chi connectivity index (χ1) is 10.4. The van der Waals surface area contributed by atoms with Crippen LogP contribution in [0.2, 0.25) is 0 Å². The Morgan fingerprint density at radius 2 is 1.82 bits per heavy atom. The molecule has 1 atom stereocenters. The first-order valence-corrected chi connectivity index (χ1v) is 6.52. The average molecular weight is 304 g/mol. The lowest BCUT2D eigenvalue weighted by molar-refractivity contribution is 0.0744. The summed E-state index contributed by atoms with van der Waals surface area (Å²) in [7, 11) is 1.36. The van der Waals surface area contributed by atoms with E-state index < -0.39 is 11.9 Å². The lowest BCUT2D eigenvalue weighted by atomic mass is 9.99. The van der Waals surface area contributed by atoms with Gasteiger partial charge in [0.2, 0.25) is 0 Å². The summed E-state index contributed by atoms with van der Waals surface area (Å²) in [5.41, 5.74) is 0.643. The summed E-state index contributed by atoms with van der Waals surface area (Å²) in [6.07, 6.45) is -1.38. The van der Waals surface area contributed by atoms with Gasteiger partial charge in [0.1, 0.15) is 17.6 Å². The normalized spacial score (nSPS) is 11.9. The predicted molar refractivity (Wildman–Crippen MR) is 78.5 cm³/mol. The van der Waals surface area contributed by atoms with Gasteiger partial charge in [-0.15, -0.1) is 0 Å². The van der Waals surface area contributed by atoms with Crippen molar-refractivity contribution in [3.63, 3.8) is 0 Å². The highest BCUT2D eigenvalue weighted by Gasteiger charge is 2.22. The number of aliphatic hydroxyl groups excluding tert-OH is 1. The Balaban J connectivity index is 2.20. The summed E-state index contributed by atoms with van der Waals surface area (Å²) in [4.78, 5) is 12.3. The van der Waals surface area contributed by atoms with Crippen LogP contribution in [0.5, 0.6) is 23.0 Å². The fourth-order valence-electron chi connectivity index (χ4n) is 2.07. The SMILES string of the molecule is COc1cc(O)ccc1C(=O)C(O)Cc1ccc(O)c(O)c1. The van der Waals surface area contributed by atoms with E-state index in [1.54, 1.807) is 0 Å². The second-order valence-corrected chi connectivity index (χ2v) is 4.79. The Labute approximate surface area is 126 Å². The molecule has 0 bridgehead atoms. The molecule has 22 heavy (non-hydrogen) atoms. The summed E-state index contributed by atoms with van der Waals surface area (Å²) >= 11 is 0. The molecule has 6 heteroatoms. The number of rotatable bonds is 5. The van der Waals surface area contributed by atoms with Crippen LogP contribution in [0.4, 0.5) is 0 Å². The first-order valence-electron chi connectivity index (χ1n) is 6.52. The van der Waals surface area contributed by atoms with Gasteiger partial charge in [-0.1, -0.05) is 6.07 Å². The topological polar surface area (TPSA) is 107 Å². The molecule has 0 saturated heterocycles. The smallest absolute Gasteiger partial charge is 0.195 e. The zero-order valence-electron chi connectivity index (χ0n) is 11.9. The third-order valence-electron chi connectivity index (χ3n) is 3.22. The van der Waals surface area contributed by atoms with Gasteiger partial charge in [0.25, 0.3) is 0 Å². The molecule has 2 aromatic carbocycles. The van der Waals surface area contributed by atoms with E-state index in [1.165, 1.54) is 43.5 Å². The maximum atomic E-state index is 12.3. The molecule has 0 aliphatic heterocycles. The van der Waals surface area contributed by atoms with Crippen LogP contribution in [0, 0.1) is 0 Å². The average Bonchev–Trinajstić information content (AvgIpc) is 2.50. The third kappa shape index (κ3) is 3.29. The van der Waals surface area contributed by atoms with E-state index in [4.69, 9.17) is 4.74 Å². The number of methoxy groups -OCH3 is 1. The molecule has 0 aliphatic carbocycles. The Morgan fingerprint density at radius 1 is 1.09 bits per heavy atom. The van der Waals surface area contributed by atoms with Gasteiger partial charge in [-0.2, -0.15) is 0 Å². The number of carbonyl (C=O) groups is 1. The van der Waals surface area contributed by atoms with Crippen LogP contribution in [0.25, 0.3) is 0 Å². The third-order valence-corrected chi connectivity index (χ3v) is 3.22. The maximum absolute atomic E-state index is 12.3. The van der Waals surface area contributed by atoms with Gasteiger partial charge >= 0.3 is 0 Å². The van der Waals surface area contributed by atoms with Crippen molar-refractivity contribution in [2.75, 3.05) is 7.11 Å². The van der Waals surface area contributed by atoms with Gasteiger partial charge in [-0.25, -0.2) is 0 Å². The molecule has 0 spiro atoms. The number of aliphatic hydroxyl groups is 1. The minimum atomic E-state index is -1.35. The quantitative estimate of drug-likeness (QED) is 0.494. The zero-order valence-corrected chi connectivity index (χ0v) is 11.9. The Morgan fingerprint density at radius 3 is 2.45 bits per heavy atom. The fourth-order valence-corrected chi connectivity index (χ4v) is 2.07. The maximum Gasteiger partial charge on any atom is 0.195 e. The summed E-state index contributed by atoms with van der Waals surface area (Å²) in [6, 6.07) is 8.04. The summed E-state index contributed by atoms with van der Waals surface area (Å²) < 4.78 is 5.02. The lowest BCUT2D eigenvalue weighted by Crippen LogP contribution is -2.23. The minimum Gasteiger partial charge on any atom is -0.508 e. The van der Waals surface area contributed by atoms with Crippen LogP contribution in [-0.4, -0.2) is 39.4 Å². The number of carbonyl (C=O) groups excluding carboxylic acids is 1. The van der Waals surface area contributed by atoms with Crippen LogP contribution < -0.4 is 4.74 Å². The molecule has 116 valence electrons. The van der Waals surface area contributed by atoms with Crippen LogP contribution >= 0.6 is 0 Å². The van der Waals surface area contributed by atoms with Gasteiger partial charge in [0, 0.05) is 12.5 Å². The van der Waals surface area contributed by atoms with Gasteiger partial charge in [0.05, 0.1) is 12.7 Å². The van der Waals surface area contributed by atoms with Gasteiger partial charge in [0.15, 0.2) is 17.3 Å². The number of hydrogen-bond donors (Lipinski definition) is 4. The lowest BCUT2D eigenvalue weighted by Gasteiger charge is -2.13. The molecule has 2 rings (SSSR count). The standard InChI is InChI=1S/C16H16O6/c1-22-15-8-10(17)3-4-11(15)16(21)14(20)7-9-2-5-12(18)13(19)6-9/h2-6,8,14,17-20H,7H2,1H3. The number of phenols is 3. The molecule has 0 radical (unpaired) electrons. The highest BCUT2D eigenvalue weighted by Crippen LogP contribution is 2.27. The van der Waals surface area contributed by atoms with Crippen LogP contribution in [0.3, 0.4) is 0 Å². The van der Waals surface area contributed by atoms with Crippen molar-refractivity contribution in [2.45, 2.75) is 12.5 Å². The highest BCUT2D eigenvalue weighted by atomic mass is 16.5. The molecular weight excluding hydrogens is 288 g/mol. The Hall–Kier alpha value is -2.73. The highest BCUT2D eigenvalue weighted by molar-refractivity contribution is 6.02. The molecule has 0 saturated carbocycles. The molecular formula is C16H16O6.